The van der Waals surface area contributed by atoms with E-state index < -0.39 is 17.7 Å². The van der Waals surface area contributed by atoms with Crippen molar-refractivity contribution >= 4 is 17.8 Å². The Bertz CT molecular complexity index is 1300. The van der Waals surface area contributed by atoms with Gasteiger partial charge in [-0.3, -0.25) is 19.7 Å². The molecule has 2 N–H and O–H groups in total. The van der Waals surface area contributed by atoms with Crippen LogP contribution in [0.4, 0.5) is 0 Å². The molecule has 0 aliphatic carbocycles. The van der Waals surface area contributed by atoms with Crippen molar-refractivity contribution in [2.45, 2.75) is 50.7 Å². The Morgan fingerprint density at radius 3 is 2.34 bits per heavy atom. The number of hydrogen-bond acceptors (Lipinski definition) is 5. The lowest BCUT2D eigenvalue weighted by Crippen LogP contribution is -2.60. The van der Waals surface area contributed by atoms with Crippen molar-refractivity contribution in [1.82, 2.24) is 24.9 Å². The van der Waals surface area contributed by atoms with Crippen LogP contribution in [0.5, 0.6) is 0 Å². The molecule has 3 heterocycles. The van der Waals surface area contributed by atoms with Gasteiger partial charge in [0.05, 0.1) is 34.8 Å². The van der Waals surface area contributed by atoms with E-state index in [-0.39, 0.29) is 18.4 Å². The summed E-state index contributed by atoms with van der Waals surface area (Å²) in [7, 11) is 0. The number of likely N-dealkylation sites (tertiary alicyclic amines) is 1. The second-order valence-corrected chi connectivity index (χ2v) is 10.0. The summed E-state index contributed by atoms with van der Waals surface area (Å²) in [5.41, 5.74) is 2.61. The SMILES string of the molecule is CCCc1c(C(=O)N2CCC3(CC2)NC(Cc2ccccc2)C(=O)N3CC(=O)O)cnn1-c1ccccc1. The van der Waals surface area contributed by atoms with Crippen LogP contribution in [0.1, 0.15) is 47.8 Å². The number of para-hydroxylation sites is 1. The number of aromatic nitrogens is 2. The lowest BCUT2D eigenvalue weighted by Gasteiger charge is -2.44. The van der Waals surface area contributed by atoms with E-state index in [0.717, 1.165) is 29.8 Å². The minimum absolute atomic E-state index is 0.0829. The second kappa shape index (κ2) is 10.8. The highest BCUT2D eigenvalue weighted by atomic mass is 16.4. The summed E-state index contributed by atoms with van der Waals surface area (Å²) in [6, 6.07) is 19.0. The zero-order valence-electron chi connectivity index (χ0n) is 21.5. The monoisotopic (exact) mass is 515 g/mol. The second-order valence-electron chi connectivity index (χ2n) is 10.0. The van der Waals surface area contributed by atoms with Crippen LogP contribution in [0.15, 0.2) is 66.9 Å². The van der Waals surface area contributed by atoms with Gasteiger partial charge in [-0.15, -0.1) is 0 Å². The minimum atomic E-state index is -1.05. The summed E-state index contributed by atoms with van der Waals surface area (Å²) in [4.78, 5) is 41.9. The summed E-state index contributed by atoms with van der Waals surface area (Å²) < 4.78 is 1.84. The molecule has 9 heteroatoms. The van der Waals surface area contributed by atoms with Crippen LogP contribution < -0.4 is 5.32 Å². The van der Waals surface area contributed by atoms with Gasteiger partial charge in [0, 0.05) is 25.9 Å². The molecule has 198 valence electrons. The Kier molecular flexibility index (Phi) is 7.28. The van der Waals surface area contributed by atoms with E-state index in [1.807, 2.05) is 65.3 Å². The zero-order chi connectivity index (χ0) is 26.7. The number of nitrogens with one attached hydrogen (secondary N) is 1. The molecule has 0 bridgehead atoms. The Hall–Kier alpha value is -3.98. The maximum atomic E-state index is 13.7. The summed E-state index contributed by atoms with van der Waals surface area (Å²) >= 11 is 0. The predicted octanol–water partition coefficient (Wildman–Crippen LogP) is 2.88. The number of piperidine rings is 1. The average molecular weight is 516 g/mol. The van der Waals surface area contributed by atoms with E-state index in [4.69, 9.17) is 0 Å². The summed E-state index contributed by atoms with van der Waals surface area (Å²) in [5, 5.41) is 17.6. The molecule has 38 heavy (non-hydrogen) atoms. The molecule has 5 rings (SSSR count). The number of rotatable bonds is 8. The minimum Gasteiger partial charge on any atom is -0.480 e. The Balaban J connectivity index is 1.34. The lowest BCUT2D eigenvalue weighted by molar-refractivity contribution is -0.147. The summed E-state index contributed by atoms with van der Waals surface area (Å²) in [6.45, 7) is 2.53. The third-order valence-corrected chi connectivity index (χ3v) is 7.56. The standard InChI is InChI=1S/C29H33N5O4/c1-2-9-25-23(19-30-34(25)22-12-7-4-8-13-22)27(37)32-16-14-29(15-17-32)31-24(18-21-10-5-3-6-11-21)28(38)33(29)20-26(35)36/h3-8,10-13,19,24,31H,2,9,14-18,20H2,1H3,(H,35,36). The van der Waals surface area contributed by atoms with Crippen molar-refractivity contribution in [3.8, 4) is 5.69 Å². The highest BCUT2D eigenvalue weighted by Crippen LogP contribution is 2.34. The van der Waals surface area contributed by atoms with Crippen molar-refractivity contribution < 1.29 is 19.5 Å². The smallest absolute Gasteiger partial charge is 0.323 e. The van der Waals surface area contributed by atoms with Gasteiger partial charge in [0.1, 0.15) is 6.54 Å². The van der Waals surface area contributed by atoms with Crippen molar-refractivity contribution in [3.63, 3.8) is 0 Å². The van der Waals surface area contributed by atoms with E-state index >= 15 is 0 Å². The number of carbonyl (C=O) groups excluding carboxylic acids is 2. The molecule has 2 aliphatic rings. The van der Waals surface area contributed by atoms with Gasteiger partial charge < -0.3 is 14.9 Å². The Morgan fingerprint density at radius 2 is 1.71 bits per heavy atom. The molecule has 2 amide bonds. The first-order valence-electron chi connectivity index (χ1n) is 13.2. The predicted molar refractivity (Wildman–Crippen MR) is 142 cm³/mol. The van der Waals surface area contributed by atoms with E-state index in [1.165, 1.54) is 4.90 Å². The van der Waals surface area contributed by atoms with Gasteiger partial charge in [-0.25, -0.2) is 4.68 Å². The van der Waals surface area contributed by atoms with Crippen molar-refractivity contribution in [2.75, 3.05) is 19.6 Å². The maximum absolute atomic E-state index is 13.7. The highest BCUT2D eigenvalue weighted by molar-refractivity contribution is 5.95. The number of amides is 2. The van der Waals surface area contributed by atoms with Crippen LogP contribution in [-0.4, -0.2) is 73.8 Å². The van der Waals surface area contributed by atoms with E-state index in [2.05, 4.69) is 17.3 Å². The van der Waals surface area contributed by atoms with Gasteiger partial charge in [-0.2, -0.15) is 5.10 Å². The number of carbonyl (C=O) groups is 3. The number of carboxylic acid groups (broad SMARTS) is 1. The number of nitrogens with zero attached hydrogens (tertiary/aromatic N) is 4. The van der Waals surface area contributed by atoms with Crippen LogP contribution in [0.2, 0.25) is 0 Å². The van der Waals surface area contributed by atoms with Gasteiger partial charge in [-0.05, 0) is 30.5 Å². The van der Waals surface area contributed by atoms with Crippen LogP contribution >= 0.6 is 0 Å². The fourth-order valence-electron chi connectivity index (χ4n) is 5.70. The average Bonchev–Trinajstić information content (AvgIpc) is 3.45. The molecular weight excluding hydrogens is 482 g/mol. The molecule has 3 aromatic rings. The fraction of sp³-hybridized carbons (Fsp3) is 0.379. The largest absolute Gasteiger partial charge is 0.480 e. The number of benzene rings is 2. The maximum Gasteiger partial charge on any atom is 0.323 e. The van der Waals surface area contributed by atoms with Crippen LogP contribution in [0, 0.1) is 0 Å². The van der Waals surface area contributed by atoms with Crippen molar-refractivity contribution in [2.24, 2.45) is 0 Å². The molecule has 1 spiro atoms. The van der Waals surface area contributed by atoms with Gasteiger partial charge >= 0.3 is 5.97 Å². The van der Waals surface area contributed by atoms with Crippen molar-refractivity contribution in [3.05, 3.63) is 83.7 Å². The van der Waals surface area contributed by atoms with Gasteiger partial charge in [0.15, 0.2) is 0 Å². The normalized spacial score (nSPS) is 18.8. The molecule has 0 saturated carbocycles. The summed E-state index contributed by atoms with van der Waals surface area (Å²) in [5.74, 6) is -1.33. The molecule has 1 atom stereocenters. The highest BCUT2D eigenvalue weighted by Gasteiger charge is 2.52. The van der Waals surface area contributed by atoms with E-state index in [1.54, 1.807) is 11.1 Å². The van der Waals surface area contributed by atoms with Crippen LogP contribution in [-0.2, 0) is 22.4 Å². The third kappa shape index (κ3) is 4.93. The Morgan fingerprint density at radius 1 is 1.05 bits per heavy atom. The first-order valence-corrected chi connectivity index (χ1v) is 13.2. The van der Waals surface area contributed by atoms with Crippen molar-refractivity contribution in [1.29, 1.82) is 0 Å². The summed E-state index contributed by atoms with van der Waals surface area (Å²) in [6.07, 6.45) is 4.64. The number of aliphatic carboxylic acids is 1. The molecule has 0 radical (unpaired) electrons. The topological polar surface area (TPSA) is 108 Å². The molecule has 9 nitrogen and oxygen atoms in total. The van der Waals surface area contributed by atoms with E-state index in [0.29, 0.717) is 37.9 Å². The molecule has 2 aromatic carbocycles. The zero-order valence-corrected chi connectivity index (χ0v) is 21.5. The molecular formula is C29H33N5O4. The molecule has 2 saturated heterocycles. The lowest BCUT2D eigenvalue weighted by atomic mass is 9.95. The first-order chi connectivity index (χ1) is 18.4. The number of carboxylic acids is 1. The third-order valence-electron chi connectivity index (χ3n) is 7.56. The van der Waals surface area contributed by atoms with Crippen LogP contribution in [0.25, 0.3) is 5.69 Å². The van der Waals surface area contributed by atoms with Gasteiger partial charge in [-0.1, -0.05) is 61.9 Å². The quantitative estimate of drug-likeness (QED) is 0.478. The van der Waals surface area contributed by atoms with Gasteiger partial charge in [0.25, 0.3) is 5.91 Å². The fourth-order valence-corrected chi connectivity index (χ4v) is 5.70. The Labute approximate surface area is 222 Å². The molecule has 2 fully saturated rings. The van der Waals surface area contributed by atoms with Gasteiger partial charge in [0.2, 0.25) is 5.91 Å². The van der Waals surface area contributed by atoms with E-state index in [9.17, 15) is 19.5 Å². The number of hydrogen-bond donors (Lipinski definition) is 2. The molecule has 2 aliphatic heterocycles. The molecule has 1 unspecified atom stereocenters. The first kappa shape index (κ1) is 25.7. The molecule has 1 aromatic heterocycles. The van der Waals surface area contributed by atoms with Crippen LogP contribution in [0.3, 0.4) is 0 Å².